The molecular formula is C30H37N3O3S. The average molecular weight is 520 g/mol. The summed E-state index contributed by atoms with van der Waals surface area (Å²) in [6.07, 6.45) is 3.93. The van der Waals surface area contributed by atoms with Crippen molar-refractivity contribution in [1.29, 1.82) is 0 Å². The quantitative estimate of drug-likeness (QED) is 0.426. The van der Waals surface area contributed by atoms with Crippen molar-refractivity contribution < 1.29 is 14.4 Å². The van der Waals surface area contributed by atoms with Gasteiger partial charge in [-0.3, -0.25) is 19.3 Å². The van der Waals surface area contributed by atoms with Gasteiger partial charge in [-0.25, -0.2) is 0 Å². The van der Waals surface area contributed by atoms with E-state index in [2.05, 4.69) is 50.0 Å². The third-order valence-electron chi connectivity index (χ3n) is 7.43. The number of anilines is 2. The van der Waals surface area contributed by atoms with Crippen LogP contribution in [0.4, 0.5) is 16.2 Å². The van der Waals surface area contributed by atoms with Crippen molar-refractivity contribution in [2.45, 2.75) is 72.8 Å². The van der Waals surface area contributed by atoms with E-state index in [0.717, 1.165) is 58.3 Å². The lowest BCUT2D eigenvalue weighted by Gasteiger charge is -2.48. The molecule has 1 unspecified atom stereocenters. The summed E-state index contributed by atoms with van der Waals surface area (Å²) in [6.45, 7) is 15.6. The van der Waals surface area contributed by atoms with Gasteiger partial charge >= 0.3 is 0 Å². The molecule has 1 N–H and O–H groups in total. The standard InChI is InChI=1S/C30H37N3O3S/c1-8-12-33-24-13-20(4)22(14-23(24)21(5)16-30(33,6)7)15-25-28(35)32(29(36)37-25)17-26(34)31-27-18(2)10-9-11-19(27)3/h9-11,13-15,21H,8,12,16-17H2,1-7H3,(H,31,34)/b25-15+. The first-order valence-corrected chi connectivity index (χ1v) is 13.8. The molecule has 2 aromatic rings. The Morgan fingerprint density at radius 2 is 1.81 bits per heavy atom. The van der Waals surface area contributed by atoms with Crippen LogP contribution in [0.5, 0.6) is 0 Å². The molecule has 6 nitrogen and oxygen atoms in total. The summed E-state index contributed by atoms with van der Waals surface area (Å²) in [7, 11) is 0. The SMILES string of the molecule is CCCN1c2cc(C)c(/C=C3/SC(=O)N(CC(=O)Nc4c(C)cccc4C)C3=O)cc2C(C)CC1(C)C. The van der Waals surface area contributed by atoms with Gasteiger partial charge in [0, 0.05) is 23.5 Å². The van der Waals surface area contributed by atoms with Crippen molar-refractivity contribution in [2.24, 2.45) is 0 Å². The topological polar surface area (TPSA) is 69.7 Å². The molecule has 0 aliphatic carbocycles. The normalized spacial score (nSPS) is 20.0. The number of nitrogens with one attached hydrogen (secondary N) is 1. The molecule has 4 rings (SSSR count). The number of hydrogen-bond acceptors (Lipinski definition) is 5. The first kappa shape index (κ1) is 27.0. The molecule has 2 heterocycles. The number of fused-ring (bicyclic) bond motifs is 1. The highest BCUT2D eigenvalue weighted by Gasteiger charge is 2.38. The Hall–Kier alpha value is -3.06. The number of thioether (sulfide) groups is 1. The third-order valence-corrected chi connectivity index (χ3v) is 8.34. The predicted octanol–water partition coefficient (Wildman–Crippen LogP) is 6.79. The smallest absolute Gasteiger partial charge is 0.294 e. The Kier molecular flexibility index (Phi) is 7.56. The second-order valence-corrected chi connectivity index (χ2v) is 11.9. The van der Waals surface area contributed by atoms with Crippen LogP contribution >= 0.6 is 11.8 Å². The molecule has 2 aliphatic heterocycles. The van der Waals surface area contributed by atoms with Crippen LogP contribution in [0, 0.1) is 20.8 Å². The van der Waals surface area contributed by atoms with Crippen molar-refractivity contribution in [3.05, 3.63) is 63.1 Å². The van der Waals surface area contributed by atoms with Crippen molar-refractivity contribution in [3.8, 4) is 0 Å². The van der Waals surface area contributed by atoms with Crippen LogP contribution < -0.4 is 10.2 Å². The maximum Gasteiger partial charge on any atom is 0.294 e. The van der Waals surface area contributed by atoms with E-state index in [-0.39, 0.29) is 12.1 Å². The molecule has 7 heteroatoms. The average Bonchev–Trinajstić information content (AvgIpc) is 3.07. The molecule has 0 spiro atoms. The molecule has 2 aromatic carbocycles. The molecule has 0 bridgehead atoms. The van der Waals surface area contributed by atoms with Crippen LogP contribution in [0.3, 0.4) is 0 Å². The number of nitrogens with zero attached hydrogens (tertiary/aromatic N) is 2. The van der Waals surface area contributed by atoms with Crippen molar-refractivity contribution in [3.63, 3.8) is 0 Å². The Balaban J connectivity index is 1.57. The number of rotatable bonds is 6. The van der Waals surface area contributed by atoms with E-state index >= 15 is 0 Å². The van der Waals surface area contributed by atoms with Crippen LogP contribution in [0.1, 0.15) is 74.3 Å². The van der Waals surface area contributed by atoms with Gasteiger partial charge in [0.2, 0.25) is 5.91 Å². The Labute approximate surface area is 224 Å². The minimum atomic E-state index is -0.425. The number of carbonyl (C=O) groups is 3. The minimum Gasteiger partial charge on any atom is -0.366 e. The first-order valence-electron chi connectivity index (χ1n) is 13.0. The molecule has 1 fully saturated rings. The van der Waals surface area contributed by atoms with Gasteiger partial charge in [-0.2, -0.15) is 0 Å². The molecule has 0 aromatic heterocycles. The summed E-state index contributed by atoms with van der Waals surface area (Å²) in [6, 6.07) is 10.1. The molecule has 0 saturated carbocycles. The molecule has 196 valence electrons. The summed E-state index contributed by atoms with van der Waals surface area (Å²) in [4.78, 5) is 42.5. The zero-order chi connectivity index (χ0) is 27.1. The molecule has 37 heavy (non-hydrogen) atoms. The number of hydrogen-bond donors (Lipinski definition) is 1. The second-order valence-electron chi connectivity index (χ2n) is 10.9. The van der Waals surface area contributed by atoms with Gasteiger partial charge < -0.3 is 10.2 Å². The molecular weight excluding hydrogens is 482 g/mol. The minimum absolute atomic E-state index is 0.0798. The van der Waals surface area contributed by atoms with E-state index in [1.807, 2.05) is 39.0 Å². The fourth-order valence-electron chi connectivity index (χ4n) is 5.56. The lowest BCUT2D eigenvalue weighted by molar-refractivity contribution is -0.127. The number of para-hydroxylation sites is 1. The summed E-state index contributed by atoms with van der Waals surface area (Å²) < 4.78 is 0. The van der Waals surface area contributed by atoms with Crippen LogP contribution in [0.2, 0.25) is 0 Å². The van der Waals surface area contributed by atoms with Gasteiger partial charge in [0.15, 0.2) is 0 Å². The van der Waals surface area contributed by atoms with Crippen LogP contribution in [-0.4, -0.2) is 40.6 Å². The van der Waals surface area contributed by atoms with Crippen LogP contribution in [-0.2, 0) is 9.59 Å². The van der Waals surface area contributed by atoms with Gasteiger partial charge in [-0.15, -0.1) is 0 Å². The van der Waals surface area contributed by atoms with Gasteiger partial charge in [0.25, 0.3) is 11.1 Å². The highest BCUT2D eigenvalue weighted by atomic mass is 32.2. The van der Waals surface area contributed by atoms with Crippen molar-refractivity contribution >= 4 is 46.3 Å². The van der Waals surface area contributed by atoms with E-state index in [4.69, 9.17) is 0 Å². The van der Waals surface area contributed by atoms with Crippen molar-refractivity contribution in [1.82, 2.24) is 4.90 Å². The van der Waals surface area contributed by atoms with Gasteiger partial charge in [0.1, 0.15) is 6.54 Å². The lowest BCUT2D eigenvalue weighted by Crippen LogP contribution is -2.48. The Morgan fingerprint density at radius 3 is 2.46 bits per heavy atom. The van der Waals surface area contributed by atoms with E-state index in [1.165, 1.54) is 11.3 Å². The van der Waals surface area contributed by atoms with E-state index in [0.29, 0.717) is 16.5 Å². The molecule has 0 radical (unpaired) electrons. The van der Waals surface area contributed by atoms with Gasteiger partial charge in [0.05, 0.1) is 4.91 Å². The number of aryl methyl sites for hydroxylation is 3. The lowest BCUT2D eigenvalue weighted by atomic mass is 9.79. The van der Waals surface area contributed by atoms with E-state index in [9.17, 15) is 14.4 Å². The number of carbonyl (C=O) groups excluding carboxylic acids is 3. The first-order chi connectivity index (χ1) is 17.4. The van der Waals surface area contributed by atoms with Gasteiger partial charge in [-0.1, -0.05) is 32.0 Å². The largest absolute Gasteiger partial charge is 0.366 e. The van der Waals surface area contributed by atoms with Crippen LogP contribution in [0.25, 0.3) is 6.08 Å². The van der Waals surface area contributed by atoms with Crippen LogP contribution in [0.15, 0.2) is 35.2 Å². The fraction of sp³-hybridized carbons (Fsp3) is 0.433. The third kappa shape index (κ3) is 5.33. The maximum atomic E-state index is 13.2. The van der Waals surface area contributed by atoms with Crippen molar-refractivity contribution in [2.75, 3.05) is 23.3 Å². The Bertz CT molecular complexity index is 1280. The molecule has 1 saturated heterocycles. The number of imide groups is 1. The zero-order valence-corrected chi connectivity index (χ0v) is 23.7. The summed E-state index contributed by atoms with van der Waals surface area (Å²) in [5, 5.41) is 2.44. The monoisotopic (exact) mass is 519 g/mol. The Morgan fingerprint density at radius 1 is 1.14 bits per heavy atom. The highest BCUT2D eigenvalue weighted by Crippen LogP contribution is 2.45. The molecule has 3 amide bonds. The molecule has 1 atom stereocenters. The molecule has 2 aliphatic rings. The highest BCUT2D eigenvalue weighted by molar-refractivity contribution is 8.18. The van der Waals surface area contributed by atoms with E-state index in [1.54, 1.807) is 6.08 Å². The zero-order valence-electron chi connectivity index (χ0n) is 22.9. The maximum absolute atomic E-state index is 13.2. The summed E-state index contributed by atoms with van der Waals surface area (Å²) in [5.41, 5.74) is 7.19. The fourth-order valence-corrected chi connectivity index (χ4v) is 6.39. The predicted molar refractivity (Wildman–Crippen MR) is 153 cm³/mol. The number of amides is 3. The van der Waals surface area contributed by atoms with E-state index < -0.39 is 17.1 Å². The summed E-state index contributed by atoms with van der Waals surface area (Å²) in [5.74, 6) is -0.432. The number of benzene rings is 2. The van der Waals surface area contributed by atoms with Gasteiger partial charge in [-0.05, 0) is 111 Å². The second kappa shape index (κ2) is 10.4. The summed E-state index contributed by atoms with van der Waals surface area (Å²) >= 11 is 0.895.